The topological polar surface area (TPSA) is 61.9 Å². The zero-order valence-electron chi connectivity index (χ0n) is 15.7. The third kappa shape index (κ3) is 5.34. The lowest BCUT2D eigenvalue weighted by Crippen LogP contribution is -2.50. The minimum atomic E-state index is -3.35. The van der Waals surface area contributed by atoms with Crippen LogP contribution >= 0.6 is 0 Å². The fourth-order valence-corrected chi connectivity index (χ4v) is 4.94. The van der Waals surface area contributed by atoms with E-state index >= 15 is 0 Å². The van der Waals surface area contributed by atoms with Gasteiger partial charge in [-0.05, 0) is 37.1 Å². The zero-order valence-corrected chi connectivity index (χ0v) is 16.5. The van der Waals surface area contributed by atoms with E-state index in [4.69, 9.17) is 4.74 Å². The lowest BCUT2D eigenvalue weighted by atomic mass is 9.94. The summed E-state index contributed by atoms with van der Waals surface area (Å²) in [6.07, 6.45) is 6.88. The molecule has 6 nitrogen and oxygen atoms in total. The van der Waals surface area contributed by atoms with E-state index in [-0.39, 0.29) is 12.4 Å². The maximum Gasteiger partial charge on any atom is 0.234 e. The number of hydrogen-bond donors (Lipinski definition) is 1. The quantitative estimate of drug-likeness (QED) is 0.786. The molecule has 0 bridgehead atoms. The molecule has 1 N–H and O–H groups in total. The van der Waals surface area contributed by atoms with Crippen LogP contribution in [0.3, 0.4) is 0 Å². The second kappa shape index (κ2) is 9.06. The third-order valence-electron chi connectivity index (χ3n) is 5.47. The van der Waals surface area contributed by atoms with Crippen LogP contribution in [0.4, 0.5) is 11.4 Å². The monoisotopic (exact) mass is 381 g/mol. The highest BCUT2D eigenvalue weighted by atomic mass is 32.2. The Morgan fingerprint density at radius 3 is 2.31 bits per heavy atom. The normalized spacial score (nSPS) is 20.3. The van der Waals surface area contributed by atoms with Crippen molar-refractivity contribution in [3.8, 4) is 0 Å². The van der Waals surface area contributed by atoms with Gasteiger partial charge in [-0.15, -0.1) is 0 Å². The minimum absolute atomic E-state index is 0.0334. The number of piperazine rings is 1. The van der Waals surface area contributed by atoms with E-state index in [9.17, 15) is 8.42 Å². The fourth-order valence-electron chi connectivity index (χ4n) is 3.96. The van der Waals surface area contributed by atoms with Crippen LogP contribution in [0.15, 0.2) is 24.3 Å². The van der Waals surface area contributed by atoms with Gasteiger partial charge in [0.15, 0.2) is 0 Å². The molecule has 26 heavy (non-hydrogen) atoms. The van der Waals surface area contributed by atoms with E-state index in [1.54, 1.807) is 0 Å². The number of benzene rings is 1. The van der Waals surface area contributed by atoms with Gasteiger partial charge in [0.05, 0.1) is 12.4 Å². The number of rotatable bonds is 7. The molecular formula is C19H31N3O3S. The second-order valence-electron chi connectivity index (χ2n) is 7.28. The van der Waals surface area contributed by atoms with Crippen molar-refractivity contribution in [1.29, 1.82) is 0 Å². The molecule has 1 aliphatic heterocycles. The Morgan fingerprint density at radius 1 is 1.04 bits per heavy atom. The van der Waals surface area contributed by atoms with Crippen LogP contribution in [0.2, 0.25) is 0 Å². The maximum atomic E-state index is 11.9. The van der Waals surface area contributed by atoms with Crippen molar-refractivity contribution in [2.75, 3.05) is 55.3 Å². The summed E-state index contributed by atoms with van der Waals surface area (Å²) in [6.45, 7) is 4.51. The van der Waals surface area contributed by atoms with Crippen molar-refractivity contribution in [3.63, 3.8) is 0 Å². The molecule has 2 aliphatic rings. The highest BCUT2D eigenvalue weighted by Gasteiger charge is 2.25. The van der Waals surface area contributed by atoms with E-state index in [2.05, 4.69) is 14.5 Å². The molecule has 1 aromatic carbocycles. The molecule has 0 atom stereocenters. The number of hydrogen-bond acceptors (Lipinski definition) is 5. The van der Waals surface area contributed by atoms with Gasteiger partial charge >= 0.3 is 0 Å². The molecule has 3 rings (SSSR count). The van der Waals surface area contributed by atoms with Gasteiger partial charge in [0.25, 0.3) is 0 Å². The second-order valence-corrected chi connectivity index (χ2v) is 9.12. The number of nitrogens with zero attached hydrogens (tertiary/aromatic N) is 2. The molecular weight excluding hydrogens is 350 g/mol. The summed E-state index contributed by atoms with van der Waals surface area (Å²) >= 11 is 0. The van der Waals surface area contributed by atoms with E-state index in [0.717, 1.165) is 37.9 Å². The number of sulfonamides is 1. The molecule has 1 aromatic rings. The Morgan fingerprint density at radius 2 is 1.69 bits per heavy atom. The van der Waals surface area contributed by atoms with Crippen molar-refractivity contribution < 1.29 is 13.2 Å². The van der Waals surface area contributed by atoms with Gasteiger partial charge in [0.2, 0.25) is 10.0 Å². The molecule has 0 spiro atoms. The molecule has 2 fully saturated rings. The molecule has 0 radical (unpaired) electrons. The summed E-state index contributed by atoms with van der Waals surface area (Å²) in [6, 6.07) is 8.48. The minimum Gasteiger partial charge on any atom is -0.384 e. The van der Waals surface area contributed by atoms with Gasteiger partial charge in [0, 0.05) is 50.7 Å². The first-order valence-corrected chi connectivity index (χ1v) is 11.3. The molecule has 0 unspecified atom stereocenters. The number of anilines is 2. The first-order chi connectivity index (χ1) is 12.6. The summed E-state index contributed by atoms with van der Waals surface area (Å²) in [7, 11) is -1.85. The van der Waals surface area contributed by atoms with E-state index in [0.29, 0.717) is 5.69 Å². The largest absolute Gasteiger partial charge is 0.384 e. The van der Waals surface area contributed by atoms with Crippen LogP contribution in [0.1, 0.15) is 32.1 Å². The van der Waals surface area contributed by atoms with Crippen LogP contribution < -0.4 is 9.62 Å². The number of nitrogens with one attached hydrogen (secondary N) is 1. The van der Waals surface area contributed by atoms with Gasteiger partial charge in [0.1, 0.15) is 0 Å². The zero-order chi connectivity index (χ0) is 18.4. The molecule has 1 saturated carbocycles. The highest BCUT2D eigenvalue weighted by molar-refractivity contribution is 7.92. The molecule has 1 heterocycles. The Kier molecular flexibility index (Phi) is 6.78. The summed E-state index contributed by atoms with van der Waals surface area (Å²) in [5, 5.41) is 0. The lowest BCUT2D eigenvalue weighted by molar-refractivity contribution is 0.148. The molecule has 0 amide bonds. The van der Waals surface area contributed by atoms with Crippen LogP contribution in [-0.4, -0.2) is 65.0 Å². The molecule has 146 valence electrons. The number of ether oxygens (including phenoxy) is 1. The van der Waals surface area contributed by atoms with Crippen LogP contribution in [-0.2, 0) is 14.8 Å². The average molecular weight is 382 g/mol. The maximum absolute atomic E-state index is 11.9. The summed E-state index contributed by atoms with van der Waals surface area (Å²) < 4.78 is 31.3. The Hall–Kier alpha value is -1.31. The van der Waals surface area contributed by atoms with E-state index in [1.165, 1.54) is 39.2 Å². The lowest BCUT2D eigenvalue weighted by Gasteiger charge is -2.41. The molecule has 1 saturated heterocycles. The Balaban J connectivity index is 1.51. The van der Waals surface area contributed by atoms with Gasteiger partial charge < -0.3 is 9.64 Å². The predicted molar refractivity (Wildman–Crippen MR) is 106 cm³/mol. The molecule has 0 aromatic heterocycles. The van der Waals surface area contributed by atoms with Crippen LogP contribution in [0, 0.1) is 0 Å². The fraction of sp³-hybridized carbons (Fsp3) is 0.684. The van der Waals surface area contributed by atoms with Crippen LogP contribution in [0.25, 0.3) is 0 Å². The van der Waals surface area contributed by atoms with Crippen molar-refractivity contribution >= 4 is 21.4 Å². The van der Waals surface area contributed by atoms with Crippen molar-refractivity contribution in [3.05, 3.63) is 24.3 Å². The summed E-state index contributed by atoms with van der Waals surface area (Å²) in [4.78, 5) is 5.05. The van der Waals surface area contributed by atoms with Gasteiger partial charge in [-0.1, -0.05) is 19.3 Å². The van der Waals surface area contributed by atoms with Crippen molar-refractivity contribution in [1.82, 2.24) is 4.90 Å². The SMILES string of the molecule is COCCS(=O)(=O)Nc1ccc(N2CCN(C3CCCCC3)CC2)cc1. The smallest absolute Gasteiger partial charge is 0.234 e. The third-order valence-corrected chi connectivity index (χ3v) is 6.72. The Labute approximate surface area is 157 Å². The number of methoxy groups -OCH3 is 1. The molecule has 7 heteroatoms. The average Bonchev–Trinajstić information content (AvgIpc) is 2.68. The van der Waals surface area contributed by atoms with Crippen LogP contribution in [0.5, 0.6) is 0 Å². The van der Waals surface area contributed by atoms with E-state index in [1.807, 2.05) is 24.3 Å². The highest BCUT2D eigenvalue weighted by Crippen LogP contribution is 2.25. The van der Waals surface area contributed by atoms with Gasteiger partial charge in [-0.3, -0.25) is 9.62 Å². The summed E-state index contributed by atoms with van der Waals surface area (Å²) in [5.41, 5.74) is 1.76. The van der Waals surface area contributed by atoms with E-state index < -0.39 is 10.0 Å². The van der Waals surface area contributed by atoms with Gasteiger partial charge in [-0.2, -0.15) is 0 Å². The first-order valence-electron chi connectivity index (χ1n) is 9.66. The Bertz CT molecular complexity index is 649. The molecule has 1 aliphatic carbocycles. The van der Waals surface area contributed by atoms with Crippen molar-refractivity contribution in [2.45, 2.75) is 38.1 Å². The van der Waals surface area contributed by atoms with Crippen molar-refractivity contribution in [2.24, 2.45) is 0 Å². The summed E-state index contributed by atoms with van der Waals surface area (Å²) in [5.74, 6) is -0.0334. The van der Waals surface area contributed by atoms with Gasteiger partial charge in [-0.25, -0.2) is 8.42 Å². The predicted octanol–water partition coefficient (Wildman–Crippen LogP) is 2.53. The first kappa shape index (κ1) is 19.5. The standard InChI is InChI=1S/C19H31N3O3S/c1-25-15-16-26(23,24)20-17-7-9-19(10-8-17)22-13-11-21(12-14-22)18-5-3-2-4-6-18/h7-10,18,20H,2-6,11-16H2,1H3.